The van der Waals surface area contributed by atoms with Gasteiger partial charge in [-0.1, -0.05) is 0 Å². The Labute approximate surface area is 182 Å². The van der Waals surface area contributed by atoms with Crippen molar-refractivity contribution < 1.29 is 30.9 Å². The fraction of sp³-hybridized carbons (Fsp3) is 0.650. The lowest BCUT2D eigenvalue weighted by Gasteiger charge is -2.25. The normalized spacial score (nSPS) is 25.2. The number of esters is 2. The van der Waals surface area contributed by atoms with E-state index in [1.165, 1.54) is 31.1 Å². The third kappa shape index (κ3) is 4.60. The van der Waals surface area contributed by atoms with Gasteiger partial charge in [0.25, 0.3) is 0 Å². The van der Waals surface area contributed by atoms with Crippen LogP contribution in [0.2, 0.25) is 0 Å². The zero-order chi connectivity index (χ0) is 24.6. The Morgan fingerprint density at radius 2 is 1.90 bits per heavy atom. The zero-order valence-electron chi connectivity index (χ0n) is 19.9. The van der Waals surface area contributed by atoms with E-state index in [1.807, 2.05) is 0 Å². The summed E-state index contributed by atoms with van der Waals surface area (Å²) in [7, 11) is 0. The minimum atomic E-state index is -1.86. The van der Waals surface area contributed by atoms with E-state index in [-0.39, 0.29) is 30.8 Å². The molecule has 2 N–H and O–H groups in total. The van der Waals surface area contributed by atoms with Crippen molar-refractivity contribution in [3.63, 3.8) is 0 Å². The molecule has 0 spiro atoms. The number of imidazole rings is 1. The van der Waals surface area contributed by atoms with Crippen molar-refractivity contribution in [3.05, 3.63) is 12.7 Å². The first-order chi connectivity index (χ1) is 15.4. The Morgan fingerprint density at radius 1 is 1.23 bits per heavy atom. The van der Waals surface area contributed by atoms with Gasteiger partial charge in [-0.25, -0.2) is 19.3 Å². The highest BCUT2D eigenvalue weighted by Crippen LogP contribution is 2.37. The molecule has 1 unspecified atom stereocenters. The number of fused-ring (bicyclic) bond motifs is 1. The number of nitrogens with two attached hydrogens (primary N) is 1. The van der Waals surface area contributed by atoms with Crippen LogP contribution in [0.3, 0.4) is 0 Å². The molecule has 2 aromatic heterocycles. The van der Waals surface area contributed by atoms with Crippen molar-refractivity contribution in [2.75, 3.05) is 12.3 Å². The summed E-state index contributed by atoms with van der Waals surface area (Å²) < 4.78 is 48.5. The van der Waals surface area contributed by atoms with E-state index in [2.05, 4.69) is 15.0 Å². The highest BCUT2D eigenvalue weighted by molar-refractivity contribution is 5.81. The van der Waals surface area contributed by atoms with Crippen LogP contribution in [0, 0.1) is 10.8 Å². The third-order valence-corrected chi connectivity index (χ3v) is 4.66. The van der Waals surface area contributed by atoms with Crippen LogP contribution in [-0.2, 0) is 23.8 Å². The number of aromatic nitrogens is 4. The molecular formula is C20H28FN5O5. The van der Waals surface area contributed by atoms with Crippen molar-refractivity contribution in [2.24, 2.45) is 10.8 Å². The predicted octanol–water partition coefficient (Wildman–Crippen LogP) is 2.19. The monoisotopic (exact) mass is 439 g/mol. The van der Waals surface area contributed by atoms with Gasteiger partial charge in [0.2, 0.25) is 0 Å². The predicted molar refractivity (Wildman–Crippen MR) is 108 cm³/mol. The maximum absolute atomic E-state index is 15.6. The van der Waals surface area contributed by atoms with E-state index in [0.717, 1.165) is 0 Å². The number of nitrogen functional groups attached to an aromatic ring is 1. The molecule has 31 heavy (non-hydrogen) atoms. The average molecular weight is 439 g/mol. The lowest BCUT2D eigenvalue weighted by atomic mass is 9.97. The Hall–Kier alpha value is -2.82. The molecule has 4 atom stereocenters. The highest BCUT2D eigenvalue weighted by atomic mass is 19.1. The van der Waals surface area contributed by atoms with Gasteiger partial charge in [0.05, 0.1) is 17.2 Å². The van der Waals surface area contributed by atoms with Crippen LogP contribution >= 0.6 is 0 Å². The molecule has 1 aliphatic heterocycles. The van der Waals surface area contributed by atoms with Gasteiger partial charge in [-0.2, -0.15) is 0 Å². The van der Waals surface area contributed by atoms with Crippen LogP contribution in [0.1, 0.15) is 50.5 Å². The number of carbonyl (C=O) groups is 2. The largest absolute Gasteiger partial charge is 0.462 e. The van der Waals surface area contributed by atoms with Crippen LogP contribution in [0.5, 0.6) is 0 Å². The van der Waals surface area contributed by atoms with E-state index in [1.54, 1.807) is 13.8 Å². The number of anilines is 1. The lowest BCUT2D eigenvalue weighted by Crippen LogP contribution is -2.40. The summed E-state index contributed by atoms with van der Waals surface area (Å²) in [4.78, 5) is 36.9. The maximum Gasteiger partial charge on any atom is 0.311 e. The first kappa shape index (κ1) is 20.1. The Kier molecular flexibility index (Phi) is 5.20. The van der Waals surface area contributed by atoms with Crippen molar-refractivity contribution in [1.29, 1.82) is 0 Å². The molecule has 0 saturated carbocycles. The fourth-order valence-electron chi connectivity index (χ4n) is 2.89. The van der Waals surface area contributed by atoms with Gasteiger partial charge in [0.15, 0.2) is 30.0 Å². The number of carbonyl (C=O) groups excluding carboxylic acids is 2. The highest BCUT2D eigenvalue weighted by Gasteiger charge is 2.50. The smallest absolute Gasteiger partial charge is 0.311 e. The van der Waals surface area contributed by atoms with Crippen molar-refractivity contribution in [1.82, 2.24) is 19.5 Å². The second-order valence-corrected chi connectivity index (χ2v) is 8.83. The molecule has 3 heterocycles. The molecule has 3 rings (SSSR count). The topological polar surface area (TPSA) is 131 Å². The second-order valence-electron chi connectivity index (χ2n) is 8.83. The minimum Gasteiger partial charge on any atom is -0.462 e. The quantitative estimate of drug-likeness (QED) is 0.712. The van der Waals surface area contributed by atoms with Crippen LogP contribution in [0.4, 0.5) is 10.2 Å². The van der Waals surface area contributed by atoms with Crippen LogP contribution < -0.4 is 5.73 Å². The third-order valence-electron chi connectivity index (χ3n) is 4.66. The van der Waals surface area contributed by atoms with Crippen LogP contribution in [-0.4, -0.2) is 56.4 Å². The number of rotatable bonds is 4. The summed E-state index contributed by atoms with van der Waals surface area (Å²) >= 11 is 0. The maximum atomic E-state index is 15.6. The Balaban J connectivity index is 1.89. The average Bonchev–Trinajstić information content (AvgIpc) is 3.34. The Bertz CT molecular complexity index is 1030. The van der Waals surface area contributed by atoms with Gasteiger partial charge in [0.1, 0.15) is 24.6 Å². The molecule has 1 saturated heterocycles. The SMILES string of the molecule is [2H]CC(C)(C)C(=O)OC[C@H]1OC(n2cnc3c(N)ncnc32)[C@H](F)[C@@H]1OC(=O)C(C)(C)C[2H]. The summed E-state index contributed by atoms with van der Waals surface area (Å²) in [5, 5.41) is 0. The van der Waals surface area contributed by atoms with E-state index < -0.39 is 54.0 Å². The summed E-state index contributed by atoms with van der Waals surface area (Å²) in [5.41, 5.74) is 4.04. The number of ether oxygens (including phenoxy) is 3. The van der Waals surface area contributed by atoms with Gasteiger partial charge >= 0.3 is 11.9 Å². The fourth-order valence-corrected chi connectivity index (χ4v) is 2.89. The lowest BCUT2D eigenvalue weighted by molar-refractivity contribution is -0.168. The molecule has 2 aromatic rings. The van der Waals surface area contributed by atoms with E-state index in [9.17, 15) is 9.59 Å². The van der Waals surface area contributed by atoms with Gasteiger partial charge in [-0.15, -0.1) is 0 Å². The standard InChI is InChI=1S/C20H28FN5O5/c1-19(2,3)17(27)29-7-10-13(31-18(28)20(4,5)6)11(21)16(30-10)26-9-25-12-14(22)23-8-24-15(12)26/h8-11,13,16H,7H2,1-6H3,(H2,22,23,24)/t10-,11-,13-,16?/m1/s1/i1D,4D. The molecule has 10 nitrogen and oxygen atoms in total. The minimum absolute atomic E-state index is 0.107. The number of halogens is 1. The number of alkyl halides is 1. The summed E-state index contributed by atoms with van der Waals surface area (Å²) in [6.45, 7) is 5.25. The molecule has 11 heteroatoms. The first-order valence-corrected chi connectivity index (χ1v) is 9.62. The molecule has 1 fully saturated rings. The van der Waals surface area contributed by atoms with Gasteiger partial charge in [-0.05, 0) is 41.5 Å². The first-order valence-electron chi connectivity index (χ1n) is 11.0. The molecular weight excluding hydrogens is 409 g/mol. The number of hydrogen-bond acceptors (Lipinski definition) is 9. The molecule has 170 valence electrons. The second kappa shape index (κ2) is 8.03. The van der Waals surface area contributed by atoms with Gasteiger partial charge in [-0.3, -0.25) is 14.2 Å². The van der Waals surface area contributed by atoms with Crippen LogP contribution in [0.25, 0.3) is 11.2 Å². The Morgan fingerprint density at radius 3 is 2.58 bits per heavy atom. The zero-order valence-corrected chi connectivity index (χ0v) is 17.9. The molecule has 1 aliphatic rings. The molecule has 0 aromatic carbocycles. The van der Waals surface area contributed by atoms with Crippen molar-refractivity contribution in [2.45, 2.75) is 66.1 Å². The number of nitrogens with zero attached hydrogens (tertiary/aromatic N) is 4. The van der Waals surface area contributed by atoms with E-state index >= 15 is 4.39 Å². The molecule has 0 aliphatic carbocycles. The van der Waals surface area contributed by atoms with E-state index in [4.69, 9.17) is 22.7 Å². The molecule has 0 bridgehead atoms. The van der Waals surface area contributed by atoms with Gasteiger partial charge in [0, 0.05) is 2.74 Å². The summed E-state index contributed by atoms with van der Waals surface area (Å²) in [6.07, 6.45) is -3.23. The summed E-state index contributed by atoms with van der Waals surface area (Å²) in [5.74, 6) is -1.33. The molecule has 0 amide bonds. The van der Waals surface area contributed by atoms with Gasteiger partial charge < -0.3 is 19.9 Å². The van der Waals surface area contributed by atoms with Crippen LogP contribution in [0.15, 0.2) is 12.7 Å². The van der Waals surface area contributed by atoms with Crippen molar-refractivity contribution >= 4 is 28.9 Å². The number of hydrogen-bond donors (Lipinski definition) is 1. The summed E-state index contributed by atoms with van der Waals surface area (Å²) in [6, 6.07) is 0. The van der Waals surface area contributed by atoms with Crippen molar-refractivity contribution in [3.8, 4) is 0 Å². The van der Waals surface area contributed by atoms with E-state index in [0.29, 0.717) is 0 Å². The molecule has 0 radical (unpaired) electrons.